The highest BCUT2D eigenvalue weighted by Gasteiger charge is 2.31. The van der Waals surface area contributed by atoms with E-state index in [1.54, 1.807) is 22.6 Å². The zero-order valence-electron chi connectivity index (χ0n) is 6.99. The third-order valence-electron chi connectivity index (χ3n) is 1.31. The van der Waals surface area contributed by atoms with Gasteiger partial charge in [-0.15, -0.1) is 13.2 Å². The zero-order valence-corrected chi connectivity index (χ0v) is 9.15. The predicted molar refractivity (Wildman–Crippen MR) is 54.6 cm³/mol. The molecule has 8 heteroatoms. The molecule has 0 N–H and O–H groups in total. The molecule has 0 aliphatic carbocycles. The Kier molecular flexibility index (Phi) is 3.64. The van der Waals surface area contributed by atoms with Crippen LogP contribution in [0.15, 0.2) is 23.3 Å². The summed E-state index contributed by atoms with van der Waals surface area (Å²) >= 11 is 1.75. The van der Waals surface area contributed by atoms with E-state index in [1.807, 2.05) is 0 Å². The SMILES string of the molecule is [N-]=[N+]=Nc1ccc(OC(F)(F)F)cc1I. The maximum atomic E-state index is 11.8. The fourth-order valence-electron chi connectivity index (χ4n) is 0.814. The van der Waals surface area contributed by atoms with E-state index in [0.717, 1.165) is 12.1 Å². The minimum Gasteiger partial charge on any atom is -0.406 e. The number of benzene rings is 1. The average molecular weight is 329 g/mol. The van der Waals surface area contributed by atoms with Crippen LogP contribution in [0.2, 0.25) is 0 Å². The van der Waals surface area contributed by atoms with Crippen molar-refractivity contribution in [2.24, 2.45) is 5.11 Å². The van der Waals surface area contributed by atoms with Gasteiger partial charge in [-0.05, 0) is 46.3 Å². The van der Waals surface area contributed by atoms with Crippen LogP contribution in [-0.4, -0.2) is 6.36 Å². The molecule has 0 aromatic heterocycles. The molecule has 0 radical (unpaired) electrons. The molecule has 0 saturated carbocycles. The van der Waals surface area contributed by atoms with E-state index < -0.39 is 6.36 Å². The normalized spacial score (nSPS) is 10.7. The molecule has 0 amide bonds. The van der Waals surface area contributed by atoms with Crippen LogP contribution in [0.5, 0.6) is 5.75 Å². The number of hydrogen-bond acceptors (Lipinski definition) is 2. The fraction of sp³-hybridized carbons (Fsp3) is 0.143. The maximum Gasteiger partial charge on any atom is 0.573 e. The average Bonchev–Trinajstić information content (AvgIpc) is 2.07. The Hall–Kier alpha value is -1.15. The topological polar surface area (TPSA) is 58.0 Å². The summed E-state index contributed by atoms with van der Waals surface area (Å²) in [4.78, 5) is 2.53. The van der Waals surface area contributed by atoms with Crippen molar-refractivity contribution in [1.82, 2.24) is 0 Å². The first-order valence-corrected chi connectivity index (χ1v) is 4.60. The van der Waals surface area contributed by atoms with Crippen LogP contribution in [0.1, 0.15) is 0 Å². The van der Waals surface area contributed by atoms with Crippen molar-refractivity contribution in [3.8, 4) is 5.75 Å². The molecule has 0 heterocycles. The van der Waals surface area contributed by atoms with E-state index in [9.17, 15) is 13.2 Å². The molecular weight excluding hydrogens is 326 g/mol. The van der Waals surface area contributed by atoms with Gasteiger partial charge in [0.05, 0.1) is 5.69 Å². The van der Waals surface area contributed by atoms with E-state index in [-0.39, 0.29) is 11.4 Å². The lowest BCUT2D eigenvalue weighted by atomic mass is 10.3. The van der Waals surface area contributed by atoms with Gasteiger partial charge in [0.2, 0.25) is 0 Å². The lowest BCUT2D eigenvalue weighted by Gasteiger charge is -2.09. The molecule has 4 nitrogen and oxygen atoms in total. The highest BCUT2D eigenvalue weighted by molar-refractivity contribution is 14.1. The van der Waals surface area contributed by atoms with Gasteiger partial charge < -0.3 is 4.74 Å². The number of alkyl halides is 3. The first-order chi connectivity index (χ1) is 6.92. The molecule has 1 aromatic rings. The molecule has 0 aliphatic heterocycles. The maximum absolute atomic E-state index is 11.8. The van der Waals surface area contributed by atoms with E-state index in [1.165, 1.54) is 6.07 Å². The highest BCUT2D eigenvalue weighted by Crippen LogP contribution is 2.29. The van der Waals surface area contributed by atoms with E-state index >= 15 is 0 Å². The third-order valence-corrected chi connectivity index (χ3v) is 2.17. The quantitative estimate of drug-likeness (QED) is 0.348. The molecule has 15 heavy (non-hydrogen) atoms. The van der Waals surface area contributed by atoms with Gasteiger partial charge >= 0.3 is 6.36 Å². The summed E-state index contributed by atoms with van der Waals surface area (Å²) in [6.07, 6.45) is -4.72. The number of nitrogens with zero attached hydrogens (tertiary/aromatic N) is 3. The molecule has 0 aliphatic rings. The van der Waals surface area contributed by atoms with Crippen LogP contribution in [0.4, 0.5) is 18.9 Å². The van der Waals surface area contributed by atoms with Gasteiger partial charge in [0.15, 0.2) is 0 Å². The van der Waals surface area contributed by atoms with Crippen LogP contribution in [0.25, 0.3) is 10.4 Å². The minimum absolute atomic E-state index is 0.257. The van der Waals surface area contributed by atoms with Crippen molar-refractivity contribution in [2.75, 3.05) is 0 Å². The van der Waals surface area contributed by atoms with Gasteiger partial charge in [-0.25, -0.2) is 0 Å². The molecule has 0 bridgehead atoms. The van der Waals surface area contributed by atoms with E-state index in [0.29, 0.717) is 3.57 Å². The fourth-order valence-corrected chi connectivity index (χ4v) is 1.41. The summed E-state index contributed by atoms with van der Waals surface area (Å²) in [5.41, 5.74) is 8.40. The first-order valence-electron chi connectivity index (χ1n) is 3.53. The molecule has 0 unspecified atom stereocenters. The molecule has 0 fully saturated rings. The Labute approximate surface area is 95.8 Å². The third kappa shape index (κ3) is 3.84. The summed E-state index contributed by atoms with van der Waals surface area (Å²) in [5.74, 6) is -0.344. The standard InChI is InChI=1S/C7H3F3IN3O/c8-7(9,10)15-4-1-2-6(13-14-12)5(11)3-4/h1-3H. The van der Waals surface area contributed by atoms with Crippen LogP contribution in [-0.2, 0) is 0 Å². The number of halogens is 4. The van der Waals surface area contributed by atoms with Crippen molar-refractivity contribution in [3.63, 3.8) is 0 Å². The zero-order chi connectivity index (χ0) is 11.5. The predicted octanol–water partition coefficient (Wildman–Crippen LogP) is 4.13. The summed E-state index contributed by atoms with van der Waals surface area (Å²) < 4.78 is 39.5. The number of ether oxygens (including phenoxy) is 1. The summed E-state index contributed by atoms with van der Waals surface area (Å²) in [6.45, 7) is 0. The Morgan fingerprint density at radius 1 is 1.40 bits per heavy atom. The van der Waals surface area contributed by atoms with Gasteiger partial charge in [0.1, 0.15) is 5.75 Å². The molecule has 80 valence electrons. The van der Waals surface area contributed by atoms with Crippen molar-refractivity contribution in [2.45, 2.75) is 6.36 Å². The second-order valence-electron chi connectivity index (χ2n) is 2.35. The first kappa shape index (κ1) is 11.9. The Morgan fingerprint density at radius 2 is 2.07 bits per heavy atom. The van der Waals surface area contributed by atoms with Crippen LogP contribution in [0, 0.1) is 3.57 Å². The van der Waals surface area contributed by atoms with Gasteiger partial charge in [0.25, 0.3) is 0 Å². The van der Waals surface area contributed by atoms with E-state index in [4.69, 9.17) is 5.53 Å². The van der Waals surface area contributed by atoms with Crippen LogP contribution in [0.3, 0.4) is 0 Å². The number of azide groups is 1. The summed E-state index contributed by atoms with van der Waals surface area (Å²) in [6, 6.07) is 3.47. The van der Waals surface area contributed by atoms with Gasteiger partial charge in [-0.1, -0.05) is 5.11 Å². The van der Waals surface area contributed by atoms with Gasteiger partial charge in [-0.3, -0.25) is 0 Å². The second kappa shape index (κ2) is 4.58. The highest BCUT2D eigenvalue weighted by atomic mass is 127. The van der Waals surface area contributed by atoms with Crippen LogP contribution >= 0.6 is 22.6 Å². The van der Waals surface area contributed by atoms with Gasteiger partial charge in [0, 0.05) is 8.48 Å². The van der Waals surface area contributed by atoms with Crippen molar-refractivity contribution >= 4 is 28.3 Å². The Morgan fingerprint density at radius 3 is 2.53 bits per heavy atom. The summed E-state index contributed by atoms with van der Waals surface area (Å²) in [7, 11) is 0. The molecular formula is C7H3F3IN3O. The lowest BCUT2D eigenvalue weighted by molar-refractivity contribution is -0.274. The summed E-state index contributed by atoms with van der Waals surface area (Å²) in [5, 5.41) is 3.28. The van der Waals surface area contributed by atoms with E-state index in [2.05, 4.69) is 14.8 Å². The largest absolute Gasteiger partial charge is 0.573 e. The number of hydrogen-bond donors (Lipinski definition) is 0. The molecule has 0 saturated heterocycles. The Balaban J connectivity index is 2.96. The second-order valence-corrected chi connectivity index (χ2v) is 3.51. The molecule has 1 rings (SSSR count). The Bertz CT molecular complexity index is 414. The molecule has 1 aromatic carbocycles. The van der Waals surface area contributed by atoms with Crippen molar-refractivity contribution in [1.29, 1.82) is 0 Å². The minimum atomic E-state index is -4.72. The molecule has 0 atom stereocenters. The van der Waals surface area contributed by atoms with Crippen molar-refractivity contribution in [3.05, 3.63) is 32.2 Å². The molecule has 0 spiro atoms. The number of rotatable bonds is 2. The van der Waals surface area contributed by atoms with Crippen LogP contribution < -0.4 is 4.74 Å². The smallest absolute Gasteiger partial charge is 0.406 e. The van der Waals surface area contributed by atoms with Crippen molar-refractivity contribution < 1.29 is 17.9 Å². The monoisotopic (exact) mass is 329 g/mol. The lowest BCUT2D eigenvalue weighted by Crippen LogP contribution is -2.17. The van der Waals surface area contributed by atoms with Gasteiger partial charge in [-0.2, -0.15) is 0 Å².